The van der Waals surface area contributed by atoms with Gasteiger partial charge in [0.15, 0.2) is 0 Å². The van der Waals surface area contributed by atoms with Gasteiger partial charge in [-0.3, -0.25) is 4.98 Å². The van der Waals surface area contributed by atoms with Crippen LogP contribution in [0.15, 0.2) is 36.5 Å². The molecule has 0 aliphatic heterocycles. The number of methoxy groups -OCH3 is 1. The summed E-state index contributed by atoms with van der Waals surface area (Å²) in [4.78, 5) is 4.13. The Labute approximate surface area is 93.7 Å². The molecule has 3 heteroatoms. The van der Waals surface area contributed by atoms with Gasteiger partial charge in [0, 0.05) is 17.8 Å². The molecule has 0 unspecified atom stereocenters. The van der Waals surface area contributed by atoms with Crippen LogP contribution in [0, 0.1) is 12.7 Å². The second-order valence-corrected chi connectivity index (χ2v) is 3.56. The van der Waals surface area contributed by atoms with Crippen molar-refractivity contribution in [3.8, 4) is 17.0 Å². The van der Waals surface area contributed by atoms with Crippen LogP contribution in [0.3, 0.4) is 0 Å². The summed E-state index contributed by atoms with van der Waals surface area (Å²) < 4.78 is 18.8. The van der Waals surface area contributed by atoms with Gasteiger partial charge in [0.1, 0.15) is 11.6 Å². The van der Waals surface area contributed by atoms with E-state index in [1.807, 2.05) is 13.0 Å². The fourth-order valence-corrected chi connectivity index (χ4v) is 1.51. The Hall–Kier alpha value is -1.90. The summed E-state index contributed by atoms with van der Waals surface area (Å²) in [6.45, 7) is 1.85. The van der Waals surface area contributed by atoms with Gasteiger partial charge in [-0.1, -0.05) is 6.07 Å². The van der Waals surface area contributed by atoms with Gasteiger partial charge in [0.25, 0.3) is 0 Å². The highest BCUT2D eigenvalue weighted by molar-refractivity contribution is 5.61. The summed E-state index contributed by atoms with van der Waals surface area (Å²) in [7, 11) is 1.57. The van der Waals surface area contributed by atoms with E-state index < -0.39 is 0 Å². The van der Waals surface area contributed by atoms with Crippen LogP contribution in [-0.4, -0.2) is 12.1 Å². The minimum absolute atomic E-state index is 0.263. The van der Waals surface area contributed by atoms with Gasteiger partial charge in [-0.05, 0) is 30.7 Å². The number of pyridine rings is 1. The van der Waals surface area contributed by atoms with Crippen molar-refractivity contribution in [1.82, 2.24) is 4.98 Å². The highest BCUT2D eigenvalue weighted by Crippen LogP contribution is 2.24. The average molecular weight is 217 g/mol. The molecule has 1 aromatic carbocycles. The minimum atomic E-state index is -0.263. The molecule has 1 aromatic heterocycles. The van der Waals surface area contributed by atoms with E-state index in [1.54, 1.807) is 31.5 Å². The van der Waals surface area contributed by atoms with E-state index in [0.29, 0.717) is 17.0 Å². The average Bonchev–Trinajstić information content (AvgIpc) is 2.29. The third kappa shape index (κ3) is 2.03. The first-order valence-electron chi connectivity index (χ1n) is 4.97. The van der Waals surface area contributed by atoms with Crippen LogP contribution in [0.25, 0.3) is 11.3 Å². The number of aromatic nitrogens is 1. The Balaban J connectivity index is 2.49. The van der Waals surface area contributed by atoms with Crippen LogP contribution in [0.2, 0.25) is 0 Å². The molecule has 1 heterocycles. The first-order chi connectivity index (χ1) is 7.70. The van der Waals surface area contributed by atoms with Crippen LogP contribution in [0.4, 0.5) is 4.39 Å². The molecule has 0 N–H and O–H groups in total. The Morgan fingerprint density at radius 1 is 1.19 bits per heavy atom. The lowest BCUT2D eigenvalue weighted by atomic mass is 10.1. The summed E-state index contributed by atoms with van der Waals surface area (Å²) >= 11 is 0. The van der Waals surface area contributed by atoms with Crippen LogP contribution in [0.5, 0.6) is 5.75 Å². The van der Waals surface area contributed by atoms with E-state index in [1.165, 1.54) is 6.07 Å². The Morgan fingerprint density at radius 2 is 2.00 bits per heavy atom. The summed E-state index contributed by atoms with van der Waals surface area (Å²) in [5, 5.41) is 0. The number of halogens is 1. The van der Waals surface area contributed by atoms with Gasteiger partial charge in [0.05, 0.1) is 12.8 Å². The van der Waals surface area contributed by atoms with Crippen LogP contribution < -0.4 is 4.74 Å². The number of hydrogen-bond donors (Lipinski definition) is 0. The molecule has 0 amide bonds. The molecule has 16 heavy (non-hydrogen) atoms. The van der Waals surface area contributed by atoms with Crippen molar-refractivity contribution in [3.63, 3.8) is 0 Å². The molecule has 0 spiro atoms. The predicted octanol–water partition coefficient (Wildman–Crippen LogP) is 3.20. The molecular formula is C13H12FNO. The topological polar surface area (TPSA) is 22.1 Å². The van der Waals surface area contributed by atoms with Crippen LogP contribution in [-0.2, 0) is 0 Å². The van der Waals surface area contributed by atoms with Crippen LogP contribution >= 0.6 is 0 Å². The highest BCUT2D eigenvalue weighted by Gasteiger charge is 2.07. The highest BCUT2D eigenvalue weighted by atomic mass is 19.1. The van der Waals surface area contributed by atoms with Crippen molar-refractivity contribution in [3.05, 3.63) is 47.9 Å². The Bertz CT molecular complexity index is 511. The fraction of sp³-hybridized carbons (Fsp3) is 0.154. The minimum Gasteiger partial charge on any atom is -0.497 e. The molecule has 82 valence electrons. The molecule has 2 nitrogen and oxygen atoms in total. The molecular weight excluding hydrogens is 205 g/mol. The van der Waals surface area contributed by atoms with Crippen molar-refractivity contribution in [1.29, 1.82) is 0 Å². The van der Waals surface area contributed by atoms with Crippen LogP contribution in [0.1, 0.15) is 5.56 Å². The smallest absolute Gasteiger partial charge is 0.132 e. The normalized spacial score (nSPS) is 10.2. The number of aryl methyl sites for hydroxylation is 1. The lowest BCUT2D eigenvalue weighted by molar-refractivity contribution is 0.414. The van der Waals surface area contributed by atoms with Crippen molar-refractivity contribution in [2.75, 3.05) is 7.11 Å². The quantitative estimate of drug-likeness (QED) is 0.770. The maximum absolute atomic E-state index is 13.7. The second kappa shape index (κ2) is 4.31. The summed E-state index contributed by atoms with van der Waals surface area (Å²) in [6.07, 6.45) is 1.60. The van der Waals surface area contributed by atoms with E-state index in [0.717, 1.165) is 5.56 Å². The molecule has 0 bridgehead atoms. The molecule has 0 aliphatic carbocycles. The van der Waals surface area contributed by atoms with E-state index in [9.17, 15) is 4.39 Å². The predicted molar refractivity (Wildman–Crippen MR) is 60.9 cm³/mol. The standard InChI is InChI=1S/C13H12FNO/c1-9-3-4-11(12(14)7-9)13-8-10(16-2)5-6-15-13/h3-8H,1-2H3. The molecule has 2 rings (SSSR count). The zero-order valence-corrected chi connectivity index (χ0v) is 9.20. The first-order valence-corrected chi connectivity index (χ1v) is 4.97. The van der Waals surface area contributed by atoms with Crippen molar-refractivity contribution in [2.45, 2.75) is 6.92 Å². The lowest BCUT2D eigenvalue weighted by Crippen LogP contribution is -1.90. The maximum atomic E-state index is 13.7. The van der Waals surface area contributed by atoms with Gasteiger partial charge >= 0.3 is 0 Å². The Morgan fingerprint density at radius 3 is 2.69 bits per heavy atom. The number of hydrogen-bond acceptors (Lipinski definition) is 2. The van der Waals surface area contributed by atoms with Crippen molar-refractivity contribution >= 4 is 0 Å². The van der Waals surface area contributed by atoms with E-state index in [2.05, 4.69) is 4.98 Å². The van der Waals surface area contributed by atoms with Gasteiger partial charge in [-0.25, -0.2) is 4.39 Å². The molecule has 0 radical (unpaired) electrons. The van der Waals surface area contributed by atoms with E-state index in [4.69, 9.17) is 4.74 Å². The lowest BCUT2D eigenvalue weighted by Gasteiger charge is -2.05. The van der Waals surface area contributed by atoms with Crippen molar-refractivity contribution < 1.29 is 9.13 Å². The molecule has 0 atom stereocenters. The SMILES string of the molecule is COc1ccnc(-c2ccc(C)cc2F)c1. The number of rotatable bonds is 2. The molecule has 0 fully saturated rings. The van der Waals surface area contributed by atoms with Gasteiger partial charge in [-0.2, -0.15) is 0 Å². The molecule has 0 saturated carbocycles. The van der Waals surface area contributed by atoms with E-state index in [-0.39, 0.29) is 5.82 Å². The zero-order chi connectivity index (χ0) is 11.5. The summed E-state index contributed by atoms with van der Waals surface area (Å²) in [6, 6.07) is 8.53. The molecule has 2 aromatic rings. The van der Waals surface area contributed by atoms with Gasteiger partial charge in [-0.15, -0.1) is 0 Å². The van der Waals surface area contributed by atoms with E-state index >= 15 is 0 Å². The van der Waals surface area contributed by atoms with Gasteiger partial charge in [0.2, 0.25) is 0 Å². The monoisotopic (exact) mass is 217 g/mol. The summed E-state index contributed by atoms with van der Waals surface area (Å²) in [5.74, 6) is 0.408. The first kappa shape index (κ1) is 10.6. The molecule has 0 aliphatic rings. The third-order valence-electron chi connectivity index (χ3n) is 2.37. The molecule has 0 saturated heterocycles. The summed E-state index contributed by atoms with van der Waals surface area (Å²) in [5.41, 5.74) is 1.96. The zero-order valence-electron chi connectivity index (χ0n) is 9.20. The Kier molecular flexibility index (Phi) is 2.86. The second-order valence-electron chi connectivity index (χ2n) is 3.56. The number of benzene rings is 1. The number of nitrogens with zero attached hydrogens (tertiary/aromatic N) is 1. The maximum Gasteiger partial charge on any atom is 0.132 e. The fourth-order valence-electron chi connectivity index (χ4n) is 1.51. The van der Waals surface area contributed by atoms with Gasteiger partial charge < -0.3 is 4.74 Å². The third-order valence-corrected chi connectivity index (χ3v) is 2.37. The largest absolute Gasteiger partial charge is 0.497 e. The van der Waals surface area contributed by atoms with Crippen molar-refractivity contribution in [2.24, 2.45) is 0 Å². The number of ether oxygens (including phenoxy) is 1.